The van der Waals surface area contributed by atoms with E-state index >= 15 is 0 Å². The molecule has 1 amide bonds. The highest BCUT2D eigenvalue weighted by atomic mass is 32.2. The van der Waals surface area contributed by atoms with Gasteiger partial charge in [-0.2, -0.15) is 0 Å². The Balaban J connectivity index is 2.22. The smallest absolute Gasteiger partial charge is 0.233 e. The first-order chi connectivity index (χ1) is 10.9. The summed E-state index contributed by atoms with van der Waals surface area (Å²) < 4.78 is 25.1. The Kier molecular flexibility index (Phi) is 5.46. The zero-order valence-electron chi connectivity index (χ0n) is 13.0. The van der Waals surface area contributed by atoms with Gasteiger partial charge in [0.25, 0.3) is 0 Å². The number of amides is 1. The quantitative estimate of drug-likeness (QED) is 0.841. The van der Waals surface area contributed by atoms with Gasteiger partial charge < -0.3 is 5.32 Å². The van der Waals surface area contributed by atoms with Gasteiger partial charge in [0.15, 0.2) is 0 Å². The molecule has 1 atom stereocenters. The summed E-state index contributed by atoms with van der Waals surface area (Å²) >= 11 is 0. The highest BCUT2D eigenvalue weighted by Crippen LogP contribution is 2.19. The number of rotatable bonds is 6. The van der Waals surface area contributed by atoms with Crippen LogP contribution in [0.3, 0.4) is 0 Å². The maximum Gasteiger partial charge on any atom is 0.233 e. The summed E-state index contributed by atoms with van der Waals surface area (Å²) in [6.07, 6.45) is 4.28. The molecule has 6 nitrogen and oxygen atoms in total. The molecule has 0 aliphatic heterocycles. The minimum Gasteiger partial charge on any atom is -0.324 e. The van der Waals surface area contributed by atoms with E-state index in [0.29, 0.717) is 5.69 Å². The summed E-state index contributed by atoms with van der Waals surface area (Å²) in [4.78, 5) is 16.6. The number of pyridine rings is 1. The number of carbonyl (C=O) groups is 1. The van der Waals surface area contributed by atoms with E-state index in [-0.39, 0.29) is 12.5 Å². The van der Waals surface area contributed by atoms with Crippen molar-refractivity contribution in [2.75, 3.05) is 18.1 Å². The highest BCUT2D eigenvalue weighted by Gasteiger charge is 2.22. The van der Waals surface area contributed by atoms with Gasteiger partial charge in [0.05, 0.1) is 24.1 Å². The van der Waals surface area contributed by atoms with Gasteiger partial charge in [-0.3, -0.25) is 9.78 Å². The first kappa shape index (κ1) is 17.1. The van der Waals surface area contributed by atoms with Crippen LogP contribution in [0.15, 0.2) is 48.8 Å². The van der Waals surface area contributed by atoms with Crippen LogP contribution >= 0.6 is 0 Å². The Hall–Kier alpha value is -2.25. The number of hydrogen-bond donors (Lipinski definition) is 2. The molecule has 0 bridgehead atoms. The van der Waals surface area contributed by atoms with E-state index in [2.05, 4.69) is 15.0 Å². The maximum atomic E-state index is 12.6. The minimum absolute atomic E-state index is 0.00596. The third kappa shape index (κ3) is 5.15. The molecule has 23 heavy (non-hydrogen) atoms. The SMILES string of the molecule is Cc1ccncc1NC(=O)[C@@H](CNS(C)(=O)=O)c1ccccc1. The molecule has 2 aromatic rings. The first-order valence-corrected chi connectivity index (χ1v) is 8.97. The lowest BCUT2D eigenvalue weighted by Gasteiger charge is -2.18. The van der Waals surface area contributed by atoms with Crippen LogP contribution in [0.2, 0.25) is 0 Å². The molecule has 0 unspecified atom stereocenters. The van der Waals surface area contributed by atoms with Gasteiger partial charge in [-0.05, 0) is 24.1 Å². The molecule has 0 aliphatic rings. The Morgan fingerprint density at radius 3 is 2.52 bits per heavy atom. The summed E-state index contributed by atoms with van der Waals surface area (Å²) in [7, 11) is -3.38. The van der Waals surface area contributed by atoms with E-state index in [1.807, 2.05) is 25.1 Å². The van der Waals surface area contributed by atoms with Crippen molar-refractivity contribution in [1.29, 1.82) is 0 Å². The predicted octanol–water partition coefficient (Wildman–Crippen LogP) is 1.66. The molecule has 2 rings (SSSR count). The average molecular weight is 333 g/mol. The van der Waals surface area contributed by atoms with Crippen LogP contribution < -0.4 is 10.0 Å². The lowest BCUT2D eigenvalue weighted by atomic mass is 9.98. The second kappa shape index (κ2) is 7.34. The van der Waals surface area contributed by atoms with Crippen molar-refractivity contribution in [2.24, 2.45) is 0 Å². The standard InChI is InChI=1S/C16H19N3O3S/c1-12-8-9-17-11-15(12)19-16(20)14(10-18-23(2,21)22)13-6-4-3-5-7-13/h3-9,11,14,18H,10H2,1-2H3,(H,19,20)/t14-/m0/s1. The lowest BCUT2D eigenvalue weighted by Crippen LogP contribution is -2.33. The van der Waals surface area contributed by atoms with Gasteiger partial charge in [0.2, 0.25) is 15.9 Å². The molecule has 0 saturated heterocycles. The van der Waals surface area contributed by atoms with E-state index in [0.717, 1.165) is 17.4 Å². The number of aryl methyl sites for hydroxylation is 1. The largest absolute Gasteiger partial charge is 0.324 e. The van der Waals surface area contributed by atoms with Gasteiger partial charge in [-0.15, -0.1) is 0 Å². The van der Waals surface area contributed by atoms with E-state index in [9.17, 15) is 13.2 Å². The fourth-order valence-corrected chi connectivity index (χ4v) is 2.57. The summed E-state index contributed by atoms with van der Waals surface area (Å²) in [5.74, 6) is -0.922. The second-order valence-corrected chi connectivity index (χ2v) is 7.10. The number of aromatic nitrogens is 1. The molecule has 7 heteroatoms. The zero-order chi connectivity index (χ0) is 16.9. The molecule has 1 aromatic heterocycles. The van der Waals surface area contributed by atoms with Crippen molar-refractivity contribution in [2.45, 2.75) is 12.8 Å². The van der Waals surface area contributed by atoms with Crippen molar-refractivity contribution in [3.8, 4) is 0 Å². The topological polar surface area (TPSA) is 88.2 Å². The minimum atomic E-state index is -3.38. The molecule has 122 valence electrons. The van der Waals surface area contributed by atoms with Crippen LogP contribution in [-0.4, -0.2) is 32.1 Å². The lowest BCUT2D eigenvalue weighted by molar-refractivity contribution is -0.117. The van der Waals surface area contributed by atoms with E-state index in [4.69, 9.17) is 0 Å². The highest BCUT2D eigenvalue weighted by molar-refractivity contribution is 7.88. The number of anilines is 1. The Morgan fingerprint density at radius 2 is 1.91 bits per heavy atom. The molecular weight excluding hydrogens is 314 g/mol. The molecule has 0 fully saturated rings. The van der Waals surface area contributed by atoms with Crippen molar-refractivity contribution in [3.63, 3.8) is 0 Å². The maximum absolute atomic E-state index is 12.6. The van der Waals surface area contributed by atoms with Crippen LogP contribution in [0.25, 0.3) is 0 Å². The molecule has 0 saturated carbocycles. The number of hydrogen-bond acceptors (Lipinski definition) is 4. The zero-order valence-corrected chi connectivity index (χ0v) is 13.8. The number of benzene rings is 1. The van der Waals surface area contributed by atoms with E-state index in [1.54, 1.807) is 30.6 Å². The monoisotopic (exact) mass is 333 g/mol. The number of carbonyl (C=O) groups excluding carboxylic acids is 1. The van der Waals surface area contributed by atoms with Crippen LogP contribution in [0, 0.1) is 6.92 Å². The van der Waals surface area contributed by atoms with Crippen LogP contribution in [0.1, 0.15) is 17.0 Å². The van der Waals surface area contributed by atoms with E-state index < -0.39 is 15.9 Å². The summed E-state index contributed by atoms with van der Waals surface area (Å²) in [6, 6.07) is 10.8. The van der Waals surface area contributed by atoms with Gasteiger partial charge >= 0.3 is 0 Å². The number of nitrogens with one attached hydrogen (secondary N) is 2. The van der Waals surface area contributed by atoms with Crippen LogP contribution in [-0.2, 0) is 14.8 Å². The fourth-order valence-electron chi connectivity index (χ4n) is 2.10. The summed E-state index contributed by atoms with van der Waals surface area (Å²) in [5, 5.41) is 2.81. The van der Waals surface area contributed by atoms with Crippen LogP contribution in [0.4, 0.5) is 5.69 Å². The van der Waals surface area contributed by atoms with Crippen molar-refractivity contribution in [3.05, 3.63) is 59.9 Å². The molecule has 1 aromatic carbocycles. The summed E-state index contributed by atoms with van der Waals surface area (Å²) in [6.45, 7) is 1.86. The second-order valence-electron chi connectivity index (χ2n) is 5.26. The van der Waals surface area contributed by atoms with Crippen molar-refractivity contribution < 1.29 is 13.2 Å². The normalized spacial score (nSPS) is 12.6. The third-order valence-corrected chi connectivity index (χ3v) is 4.06. The molecule has 1 heterocycles. The van der Waals surface area contributed by atoms with Crippen LogP contribution in [0.5, 0.6) is 0 Å². The van der Waals surface area contributed by atoms with Crippen molar-refractivity contribution in [1.82, 2.24) is 9.71 Å². The fraction of sp³-hybridized carbons (Fsp3) is 0.250. The van der Waals surface area contributed by atoms with E-state index in [1.165, 1.54) is 0 Å². The van der Waals surface area contributed by atoms with Gasteiger partial charge in [0, 0.05) is 12.7 Å². The van der Waals surface area contributed by atoms with Gasteiger partial charge in [-0.25, -0.2) is 13.1 Å². The number of sulfonamides is 1. The molecule has 0 aliphatic carbocycles. The van der Waals surface area contributed by atoms with Gasteiger partial charge in [-0.1, -0.05) is 30.3 Å². The molecule has 0 radical (unpaired) electrons. The number of nitrogens with zero attached hydrogens (tertiary/aromatic N) is 1. The molecule has 0 spiro atoms. The molecule has 2 N–H and O–H groups in total. The molecular formula is C16H19N3O3S. The Bertz CT molecular complexity index is 776. The third-order valence-electron chi connectivity index (χ3n) is 3.37. The predicted molar refractivity (Wildman–Crippen MR) is 89.6 cm³/mol. The Morgan fingerprint density at radius 1 is 1.22 bits per heavy atom. The van der Waals surface area contributed by atoms with Crippen molar-refractivity contribution >= 4 is 21.6 Å². The average Bonchev–Trinajstić information content (AvgIpc) is 2.50. The summed E-state index contributed by atoms with van der Waals surface area (Å²) in [5.41, 5.74) is 2.23. The first-order valence-electron chi connectivity index (χ1n) is 7.08. The Labute approximate surface area is 136 Å². The van der Waals surface area contributed by atoms with Gasteiger partial charge in [0.1, 0.15) is 0 Å².